The largest absolute Gasteiger partial charge is 0.309 e. The van der Waals surface area contributed by atoms with Crippen LogP contribution < -0.4 is 0 Å². The van der Waals surface area contributed by atoms with Gasteiger partial charge in [-0.15, -0.1) is 0 Å². The van der Waals surface area contributed by atoms with Crippen LogP contribution in [0.25, 0.3) is 72.4 Å². The summed E-state index contributed by atoms with van der Waals surface area (Å²) in [6, 6.07) is 49.2. The standard InChI is InChI=1S/C46H29N5/c1-3-4-17-41-30(2)33-12-7-9-18-42(33)50(41)46-26-32(28-48)21-23-38(46)35-14-6-5-13-34(35)36-16-11-20-44(40(36)29-49)51-43-19-10-8-15-37(43)39-25-31(27-47)22-24-45(39)51/h3-26H,1H2,2H3/b17-4-. The van der Waals surface area contributed by atoms with Crippen LogP contribution in [-0.4, -0.2) is 9.13 Å². The van der Waals surface area contributed by atoms with E-state index in [0.29, 0.717) is 16.7 Å². The van der Waals surface area contributed by atoms with E-state index in [9.17, 15) is 15.8 Å². The summed E-state index contributed by atoms with van der Waals surface area (Å²) in [5.41, 5.74) is 11.8. The topological polar surface area (TPSA) is 81.2 Å². The average Bonchev–Trinajstić information content (AvgIpc) is 3.67. The summed E-state index contributed by atoms with van der Waals surface area (Å²) < 4.78 is 4.34. The van der Waals surface area contributed by atoms with Crippen molar-refractivity contribution >= 4 is 38.8 Å². The van der Waals surface area contributed by atoms with Crippen LogP contribution in [0.4, 0.5) is 0 Å². The van der Waals surface area contributed by atoms with Crippen LogP contribution in [-0.2, 0) is 0 Å². The first kappa shape index (κ1) is 30.9. The van der Waals surface area contributed by atoms with Crippen LogP contribution in [0, 0.1) is 40.9 Å². The van der Waals surface area contributed by atoms with Crippen LogP contribution in [0.1, 0.15) is 27.9 Å². The Kier molecular flexibility index (Phi) is 7.62. The highest BCUT2D eigenvalue weighted by Crippen LogP contribution is 2.42. The van der Waals surface area contributed by atoms with Gasteiger partial charge >= 0.3 is 0 Å². The Morgan fingerprint density at radius 3 is 1.86 bits per heavy atom. The number of allylic oxidation sites excluding steroid dienone is 2. The number of hydrogen-bond donors (Lipinski definition) is 0. The lowest BCUT2D eigenvalue weighted by Gasteiger charge is -2.19. The van der Waals surface area contributed by atoms with Gasteiger partial charge in [0.15, 0.2) is 0 Å². The normalized spacial score (nSPS) is 11.2. The first-order valence-corrected chi connectivity index (χ1v) is 16.6. The van der Waals surface area contributed by atoms with Crippen molar-refractivity contribution < 1.29 is 0 Å². The summed E-state index contributed by atoms with van der Waals surface area (Å²) in [5, 5.41) is 33.7. The number of hydrogen-bond acceptors (Lipinski definition) is 3. The highest BCUT2D eigenvalue weighted by Gasteiger charge is 2.22. The van der Waals surface area contributed by atoms with Gasteiger partial charge in [-0.1, -0.05) is 97.6 Å². The summed E-state index contributed by atoms with van der Waals surface area (Å²) in [6.07, 6.45) is 5.75. The lowest BCUT2D eigenvalue weighted by atomic mass is 9.90. The number of benzene rings is 6. The lowest BCUT2D eigenvalue weighted by Crippen LogP contribution is -2.02. The molecule has 5 nitrogen and oxygen atoms in total. The van der Waals surface area contributed by atoms with Crippen molar-refractivity contribution in [3.8, 4) is 51.8 Å². The molecule has 0 atom stereocenters. The monoisotopic (exact) mass is 651 g/mol. The number of nitriles is 3. The molecule has 6 aromatic carbocycles. The van der Waals surface area contributed by atoms with Gasteiger partial charge in [-0.25, -0.2) is 0 Å². The lowest BCUT2D eigenvalue weighted by molar-refractivity contribution is 1.10. The second-order valence-corrected chi connectivity index (χ2v) is 12.4. The minimum Gasteiger partial charge on any atom is -0.309 e. The van der Waals surface area contributed by atoms with E-state index in [0.717, 1.165) is 77.6 Å². The van der Waals surface area contributed by atoms with Gasteiger partial charge < -0.3 is 9.13 Å². The molecule has 5 heteroatoms. The van der Waals surface area contributed by atoms with Gasteiger partial charge in [0, 0.05) is 33.0 Å². The molecular formula is C46H29N5. The van der Waals surface area contributed by atoms with Crippen LogP contribution in [0.15, 0.2) is 146 Å². The number of aromatic nitrogens is 2. The quantitative estimate of drug-likeness (QED) is 0.168. The van der Waals surface area contributed by atoms with Crippen molar-refractivity contribution in [2.45, 2.75) is 6.92 Å². The van der Waals surface area contributed by atoms with Crippen molar-refractivity contribution in [2.24, 2.45) is 0 Å². The van der Waals surface area contributed by atoms with Crippen LogP contribution in [0.2, 0.25) is 0 Å². The minimum atomic E-state index is 0.532. The molecular weight excluding hydrogens is 623 g/mol. The van der Waals surface area contributed by atoms with Crippen molar-refractivity contribution in [3.63, 3.8) is 0 Å². The van der Waals surface area contributed by atoms with Gasteiger partial charge in [0.2, 0.25) is 0 Å². The third-order valence-electron chi connectivity index (χ3n) is 9.64. The fourth-order valence-electron chi connectivity index (χ4n) is 7.38. The Morgan fingerprint density at radius 2 is 1.14 bits per heavy atom. The molecule has 0 radical (unpaired) electrons. The highest BCUT2D eigenvalue weighted by atomic mass is 15.0. The fraction of sp³-hybridized carbons (Fsp3) is 0.0217. The SMILES string of the molecule is C=C/C=C\c1c(C)c2ccccc2n1-c1cc(C#N)ccc1-c1ccccc1-c1cccc(-n2c3ccccc3c3cc(C#N)ccc32)c1C#N. The molecule has 8 rings (SSSR count). The van der Waals surface area contributed by atoms with Gasteiger partial charge in [-0.05, 0) is 78.2 Å². The molecule has 2 aromatic heterocycles. The molecule has 238 valence electrons. The number of aryl methyl sites for hydroxylation is 1. The molecule has 2 heterocycles. The first-order chi connectivity index (χ1) is 25.1. The number of para-hydroxylation sites is 2. The molecule has 0 fully saturated rings. The molecule has 0 aliphatic heterocycles. The predicted octanol–water partition coefficient (Wildman–Crippen LogP) is 11.2. The maximum atomic E-state index is 10.9. The molecule has 0 aliphatic rings. The zero-order valence-corrected chi connectivity index (χ0v) is 27.8. The van der Waals surface area contributed by atoms with E-state index in [1.807, 2.05) is 103 Å². The maximum absolute atomic E-state index is 10.9. The zero-order valence-electron chi connectivity index (χ0n) is 27.8. The second kappa shape index (κ2) is 12.6. The average molecular weight is 652 g/mol. The molecule has 0 saturated carbocycles. The summed E-state index contributed by atoms with van der Waals surface area (Å²) in [5.74, 6) is 0. The molecule has 51 heavy (non-hydrogen) atoms. The summed E-state index contributed by atoms with van der Waals surface area (Å²) in [4.78, 5) is 0. The summed E-state index contributed by atoms with van der Waals surface area (Å²) in [7, 11) is 0. The highest BCUT2D eigenvalue weighted by molar-refractivity contribution is 6.10. The molecule has 0 aliphatic carbocycles. The van der Waals surface area contributed by atoms with Crippen LogP contribution >= 0.6 is 0 Å². The van der Waals surface area contributed by atoms with E-state index in [2.05, 4.69) is 77.3 Å². The van der Waals surface area contributed by atoms with Gasteiger partial charge in [0.25, 0.3) is 0 Å². The summed E-state index contributed by atoms with van der Waals surface area (Å²) >= 11 is 0. The molecule has 0 bridgehead atoms. The molecule has 8 aromatic rings. The fourth-order valence-corrected chi connectivity index (χ4v) is 7.38. The molecule has 0 spiro atoms. The van der Waals surface area contributed by atoms with Gasteiger partial charge in [-0.3, -0.25) is 0 Å². The Labute approximate surface area is 295 Å². The zero-order chi connectivity index (χ0) is 35.1. The molecule has 0 saturated heterocycles. The van der Waals surface area contributed by atoms with E-state index in [1.165, 1.54) is 0 Å². The third-order valence-corrected chi connectivity index (χ3v) is 9.64. The predicted molar refractivity (Wildman–Crippen MR) is 207 cm³/mol. The molecule has 0 unspecified atom stereocenters. The number of nitrogens with zero attached hydrogens (tertiary/aromatic N) is 5. The van der Waals surface area contributed by atoms with E-state index in [1.54, 1.807) is 6.08 Å². The Balaban J connectivity index is 1.41. The Hall–Kier alpha value is -7.39. The van der Waals surface area contributed by atoms with Crippen molar-refractivity contribution in [2.75, 3.05) is 0 Å². The van der Waals surface area contributed by atoms with E-state index < -0.39 is 0 Å². The Bertz CT molecular complexity index is 2880. The van der Waals surface area contributed by atoms with Crippen molar-refractivity contribution in [1.29, 1.82) is 15.8 Å². The van der Waals surface area contributed by atoms with E-state index >= 15 is 0 Å². The minimum absolute atomic E-state index is 0.532. The van der Waals surface area contributed by atoms with Gasteiger partial charge in [-0.2, -0.15) is 15.8 Å². The van der Waals surface area contributed by atoms with Crippen LogP contribution in [0.5, 0.6) is 0 Å². The molecule has 0 N–H and O–H groups in total. The smallest absolute Gasteiger partial charge is 0.102 e. The molecule has 0 amide bonds. The van der Waals surface area contributed by atoms with Gasteiger partial charge in [0.05, 0.1) is 56.8 Å². The van der Waals surface area contributed by atoms with Crippen molar-refractivity contribution in [3.05, 3.63) is 174 Å². The van der Waals surface area contributed by atoms with E-state index in [4.69, 9.17) is 0 Å². The van der Waals surface area contributed by atoms with Crippen molar-refractivity contribution in [1.82, 2.24) is 9.13 Å². The second-order valence-electron chi connectivity index (χ2n) is 12.4. The van der Waals surface area contributed by atoms with Crippen LogP contribution in [0.3, 0.4) is 0 Å². The van der Waals surface area contributed by atoms with E-state index in [-0.39, 0.29) is 0 Å². The first-order valence-electron chi connectivity index (χ1n) is 16.6. The summed E-state index contributed by atoms with van der Waals surface area (Å²) in [6.45, 7) is 6.02. The number of rotatable bonds is 6. The van der Waals surface area contributed by atoms with Gasteiger partial charge in [0.1, 0.15) is 6.07 Å². The third kappa shape index (κ3) is 4.91. The maximum Gasteiger partial charge on any atom is 0.102 e. The number of fused-ring (bicyclic) bond motifs is 4. The Morgan fingerprint density at radius 1 is 0.529 bits per heavy atom.